The minimum atomic E-state index is -0.109. The fraction of sp³-hybridized carbons (Fsp3) is 0.500. The average Bonchev–Trinajstić information content (AvgIpc) is 2.78. The smallest absolute Gasteiger partial charge is 0.130 e. The van der Waals surface area contributed by atoms with Crippen molar-refractivity contribution in [3.8, 4) is 0 Å². The van der Waals surface area contributed by atoms with E-state index in [0.29, 0.717) is 30.1 Å². The highest BCUT2D eigenvalue weighted by Crippen LogP contribution is 2.29. The molecule has 0 saturated carbocycles. The molecule has 8 heteroatoms. The Labute approximate surface area is 176 Å². The van der Waals surface area contributed by atoms with Crippen LogP contribution in [0.4, 0.5) is 5.82 Å². The minimum absolute atomic E-state index is 0.0863. The van der Waals surface area contributed by atoms with Gasteiger partial charge in [0.15, 0.2) is 0 Å². The number of hydrogen-bond acceptors (Lipinski definition) is 8. The number of allylic oxidation sites excluding steroid dienone is 1. The molecule has 2 aromatic rings. The summed E-state index contributed by atoms with van der Waals surface area (Å²) >= 11 is 0. The van der Waals surface area contributed by atoms with Crippen LogP contribution in [0, 0.1) is 5.41 Å². The predicted molar refractivity (Wildman–Crippen MR) is 117 cm³/mol. The van der Waals surface area contributed by atoms with Crippen molar-refractivity contribution in [2.75, 3.05) is 31.3 Å². The molecule has 160 valence electrons. The number of nitrogens with zero attached hydrogens (tertiary/aromatic N) is 3. The minimum Gasteiger partial charge on any atom is -0.392 e. The highest BCUT2D eigenvalue weighted by molar-refractivity contribution is 5.94. The Morgan fingerprint density at radius 1 is 1.40 bits per heavy atom. The van der Waals surface area contributed by atoms with Crippen LogP contribution in [0.1, 0.15) is 37.4 Å². The Morgan fingerprint density at radius 3 is 3.03 bits per heavy atom. The number of pyridine rings is 2. The average molecular weight is 412 g/mol. The van der Waals surface area contributed by atoms with E-state index >= 15 is 0 Å². The van der Waals surface area contributed by atoms with Crippen LogP contribution >= 0.6 is 0 Å². The second-order valence-corrected chi connectivity index (χ2v) is 7.72. The van der Waals surface area contributed by atoms with Gasteiger partial charge in [0.05, 0.1) is 31.6 Å². The Hall–Kier alpha value is -2.55. The van der Waals surface area contributed by atoms with Crippen LogP contribution in [0.15, 0.2) is 24.4 Å². The van der Waals surface area contributed by atoms with Gasteiger partial charge in [-0.1, -0.05) is 0 Å². The summed E-state index contributed by atoms with van der Waals surface area (Å²) in [5, 5.41) is 21.9. The molecule has 30 heavy (non-hydrogen) atoms. The van der Waals surface area contributed by atoms with Crippen LogP contribution < -0.4 is 10.2 Å². The molecule has 0 radical (unpaired) electrons. The lowest BCUT2D eigenvalue weighted by molar-refractivity contribution is 0.00530. The van der Waals surface area contributed by atoms with Crippen molar-refractivity contribution >= 4 is 28.6 Å². The third-order valence-corrected chi connectivity index (χ3v) is 5.63. The molecule has 0 spiro atoms. The Bertz CT molecular complexity index is 926. The summed E-state index contributed by atoms with van der Waals surface area (Å²) in [5.74, 6) is 0.805. The number of ether oxygens (including phenoxy) is 2. The molecule has 4 rings (SSSR count). The summed E-state index contributed by atoms with van der Waals surface area (Å²) in [5.41, 5.74) is 2.86. The first-order valence-corrected chi connectivity index (χ1v) is 10.5. The summed E-state index contributed by atoms with van der Waals surface area (Å²) in [6.45, 7) is 4.79. The number of morpholine rings is 1. The molecule has 0 aromatic carbocycles. The highest BCUT2D eigenvalue weighted by atomic mass is 16.5. The van der Waals surface area contributed by atoms with Gasteiger partial charge in [-0.2, -0.15) is 0 Å². The van der Waals surface area contributed by atoms with E-state index < -0.39 is 0 Å². The Balaban J connectivity index is 1.79. The van der Waals surface area contributed by atoms with Gasteiger partial charge in [0.1, 0.15) is 23.3 Å². The summed E-state index contributed by atoms with van der Waals surface area (Å²) in [4.78, 5) is 11.8. The first-order valence-electron chi connectivity index (χ1n) is 10.5. The third kappa shape index (κ3) is 4.30. The maximum absolute atomic E-state index is 10.0. The summed E-state index contributed by atoms with van der Waals surface area (Å²) < 4.78 is 11.4. The quantitative estimate of drug-likeness (QED) is 0.627. The number of rotatable bonds is 6. The number of aliphatic hydroxyl groups excluding tert-OH is 1. The fourth-order valence-corrected chi connectivity index (χ4v) is 4.06. The summed E-state index contributed by atoms with van der Waals surface area (Å²) in [7, 11) is 0. The normalized spacial score (nSPS) is 22.9. The molecule has 3 N–H and O–H groups in total. The lowest BCUT2D eigenvalue weighted by Crippen LogP contribution is -2.44. The lowest BCUT2D eigenvalue weighted by atomic mass is 10.1. The van der Waals surface area contributed by atoms with Gasteiger partial charge >= 0.3 is 0 Å². The molecule has 2 aliphatic heterocycles. The van der Waals surface area contributed by atoms with E-state index in [1.807, 2.05) is 12.1 Å². The largest absolute Gasteiger partial charge is 0.392 e. The first-order chi connectivity index (χ1) is 14.7. The van der Waals surface area contributed by atoms with Crippen molar-refractivity contribution in [1.82, 2.24) is 15.3 Å². The number of hydrogen-bond donors (Lipinski definition) is 3. The molecule has 2 aliphatic rings. The van der Waals surface area contributed by atoms with Crippen LogP contribution in [0.5, 0.6) is 0 Å². The van der Waals surface area contributed by atoms with Crippen molar-refractivity contribution in [3.05, 3.63) is 35.7 Å². The Kier molecular flexibility index (Phi) is 6.56. The molecule has 2 aromatic heterocycles. The monoisotopic (exact) mass is 411 g/mol. The predicted octanol–water partition coefficient (Wildman–Crippen LogP) is 2.45. The zero-order chi connectivity index (χ0) is 20.9. The molecular weight excluding hydrogens is 382 g/mol. The molecule has 2 fully saturated rings. The van der Waals surface area contributed by atoms with Crippen LogP contribution in [0.2, 0.25) is 0 Å². The topological polar surface area (TPSA) is 104 Å². The van der Waals surface area contributed by atoms with Gasteiger partial charge in [-0.25, -0.2) is 4.98 Å². The first kappa shape index (κ1) is 20.7. The molecule has 2 unspecified atom stereocenters. The van der Waals surface area contributed by atoms with E-state index in [1.165, 1.54) is 6.21 Å². The summed E-state index contributed by atoms with van der Waals surface area (Å²) in [6.07, 6.45) is 7.61. The summed E-state index contributed by atoms with van der Waals surface area (Å²) in [6, 6.07) is 4.02. The zero-order valence-corrected chi connectivity index (χ0v) is 17.3. The number of aliphatic hydroxyl groups is 1. The zero-order valence-electron chi connectivity index (χ0n) is 17.3. The van der Waals surface area contributed by atoms with Crippen molar-refractivity contribution in [2.45, 2.75) is 45.1 Å². The maximum Gasteiger partial charge on any atom is 0.130 e. The lowest BCUT2D eigenvalue weighted by Gasteiger charge is -2.34. The van der Waals surface area contributed by atoms with E-state index in [1.54, 1.807) is 12.3 Å². The van der Waals surface area contributed by atoms with E-state index in [9.17, 15) is 5.11 Å². The standard InChI is InChI=1S/C22H29N5O3/c1-15-14-29-11-9-27(15)19-12-16(13-28)17-6-8-24-22(21(17)26-19)18(5-7-23)25-20-4-2-3-10-30-20/h5-8,12,15,20,23,25,28H,2-4,9-11,13-14H2,1H3/b18-5-,23-7?. The van der Waals surface area contributed by atoms with E-state index in [4.69, 9.17) is 19.9 Å². The molecule has 2 saturated heterocycles. The van der Waals surface area contributed by atoms with Crippen molar-refractivity contribution in [3.63, 3.8) is 0 Å². The third-order valence-electron chi connectivity index (χ3n) is 5.63. The van der Waals surface area contributed by atoms with Gasteiger partial charge in [-0.15, -0.1) is 0 Å². The Morgan fingerprint density at radius 2 is 2.30 bits per heavy atom. The van der Waals surface area contributed by atoms with Gasteiger partial charge < -0.3 is 30.2 Å². The molecule has 8 nitrogen and oxygen atoms in total. The van der Waals surface area contributed by atoms with Crippen molar-refractivity contribution in [2.24, 2.45) is 0 Å². The van der Waals surface area contributed by atoms with E-state index in [-0.39, 0.29) is 18.9 Å². The van der Waals surface area contributed by atoms with Gasteiger partial charge in [-0.05, 0) is 50.0 Å². The van der Waals surface area contributed by atoms with Crippen LogP contribution in [-0.2, 0) is 16.1 Å². The van der Waals surface area contributed by atoms with Gasteiger partial charge in [0.25, 0.3) is 0 Å². The van der Waals surface area contributed by atoms with Gasteiger partial charge in [0.2, 0.25) is 0 Å². The fourth-order valence-electron chi connectivity index (χ4n) is 4.06. The molecule has 0 aliphatic carbocycles. The maximum atomic E-state index is 10.0. The SMILES string of the molecule is CC1COCCN1c1cc(CO)c2ccnc(/C(=C/C=N)NC3CCCCO3)c2n1. The van der Waals surface area contributed by atoms with Crippen molar-refractivity contribution < 1.29 is 14.6 Å². The molecule has 2 atom stereocenters. The second-order valence-electron chi connectivity index (χ2n) is 7.72. The van der Waals surface area contributed by atoms with Gasteiger partial charge in [0, 0.05) is 30.9 Å². The van der Waals surface area contributed by atoms with Crippen LogP contribution in [0.25, 0.3) is 16.6 Å². The van der Waals surface area contributed by atoms with Crippen LogP contribution in [0.3, 0.4) is 0 Å². The van der Waals surface area contributed by atoms with Crippen LogP contribution in [-0.4, -0.2) is 59.9 Å². The van der Waals surface area contributed by atoms with E-state index in [2.05, 4.69) is 22.1 Å². The number of nitrogens with one attached hydrogen (secondary N) is 2. The van der Waals surface area contributed by atoms with Crippen molar-refractivity contribution in [1.29, 1.82) is 5.41 Å². The number of anilines is 1. The number of aromatic nitrogens is 2. The van der Waals surface area contributed by atoms with E-state index in [0.717, 1.165) is 49.2 Å². The molecule has 0 amide bonds. The second kappa shape index (κ2) is 9.51. The molecular formula is C22H29N5O3. The number of fused-ring (bicyclic) bond motifs is 1. The van der Waals surface area contributed by atoms with Gasteiger partial charge in [-0.3, -0.25) is 4.98 Å². The molecule has 0 bridgehead atoms. The molecule has 4 heterocycles. The highest BCUT2D eigenvalue weighted by Gasteiger charge is 2.23.